The zero-order valence-corrected chi connectivity index (χ0v) is 17.9. The number of fused-ring (bicyclic) bond motifs is 2. The molecule has 0 aromatic carbocycles. The molecule has 11 nitrogen and oxygen atoms in total. The number of amides is 2. The van der Waals surface area contributed by atoms with Gasteiger partial charge in [0.15, 0.2) is 0 Å². The van der Waals surface area contributed by atoms with Crippen molar-refractivity contribution in [1.82, 2.24) is 24.7 Å². The van der Waals surface area contributed by atoms with Crippen LogP contribution in [0.1, 0.15) is 5.69 Å². The molecule has 27 heavy (non-hydrogen) atoms. The number of aromatic nitrogens is 3. The third kappa shape index (κ3) is 4.71. The van der Waals surface area contributed by atoms with Gasteiger partial charge in [0.2, 0.25) is 12.3 Å². The minimum Gasteiger partial charge on any atom is -0.314 e. The first-order valence-electron chi connectivity index (χ1n) is 7.62. The van der Waals surface area contributed by atoms with Gasteiger partial charge in [0.25, 0.3) is 5.13 Å². The number of hydroxylamine groups is 2. The zero-order chi connectivity index (χ0) is 17.9. The van der Waals surface area contributed by atoms with Crippen LogP contribution in [0, 0.1) is 0 Å². The molecule has 14 heteroatoms. The maximum atomic E-state index is 12.3. The Labute approximate surface area is 184 Å². The van der Waals surface area contributed by atoms with Crippen molar-refractivity contribution < 1.29 is 58.6 Å². The van der Waals surface area contributed by atoms with Gasteiger partial charge in [-0.15, -0.1) is 4.33 Å². The van der Waals surface area contributed by atoms with E-state index < -0.39 is 0 Å². The summed E-state index contributed by atoms with van der Waals surface area (Å²) < 4.78 is 11.0. The van der Waals surface area contributed by atoms with Gasteiger partial charge < -0.3 is 4.90 Å². The molecule has 2 aromatic heterocycles. The summed E-state index contributed by atoms with van der Waals surface area (Å²) in [5.41, 5.74) is 1.79. The maximum absolute atomic E-state index is 12.3. The summed E-state index contributed by atoms with van der Waals surface area (Å²) in [5, 5.41) is 22.2. The van der Waals surface area contributed by atoms with Gasteiger partial charge >= 0.3 is 35.6 Å². The fraction of sp³-hybridized carbons (Fsp3) is 0.308. The summed E-state index contributed by atoms with van der Waals surface area (Å²) in [5.74, 6) is 0. The van der Waals surface area contributed by atoms with Crippen molar-refractivity contribution in [2.24, 2.45) is 0 Å². The largest absolute Gasteiger partial charge is 1.00 e. The van der Waals surface area contributed by atoms with Gasteiger partial charge in [0.05, 0.1) is 12.2 Å². The Hall–Kier alpha value is -1.00. The second-order valence-corrected chi connectivity index (χ2v) is 6.88. The average Bonchev–Trinajstić information content (AvgIpc) is 3.37. The Balaban J connectivity index is 0.00000210. The smallest absolute Gasteiger partial charge is 0.314 e. The Bertz CT molecular complexity index is 803. The zero-order valence-electron chi connectivity index (χ0n) is 14.3. The van der Waals surface area contributed by atoms with Gasteiger partial charge in [-0.05, 0) is 12.1 Å². The van der Waals surface area contributed by atoms with Crippen LogP contribution in [0.25, 0.3) is 5.70 Å². The van der Waals surface area contributed by atoms with Crippen molar-refractivity contribution in [2.75, 3.05) is 13.1 Å². The van der Waals surface area contributed by atoms with Crippen LogP contribution in [0.4, 0.5) is 9.93 Å². The first kappa shape index (κ1) is 20.7. The monoisotopic (exact) mass is 422 g/mol. The van der Waals surface area contributed by atoms with Crippen LogP contribution < -0.4 is 34.9 Å². The Kier molecular flexibility index (Phi) is 7.27. The maximum Gasteiger partial charge on any atom is 1.00 e. The summed E-state index contributed by atoms with van der Waals surface area (Å²) in [4.78, 5) is 18.1. The number of carbonyl (C=O) groups is 1. The summed E-state index contributed by atoms with van der Waals surface area (Å²) >= 11 is 1.94. The second-order valence-electron chi connectivity index (χ2n) is 5.53. The number of carbonyl (C=O) groups excluding carboxylic acids is 1. The molecule has 0 spiro atoms. The normalized spacial score (nSPS) is 18.6. The standard InChI is InChI=1S/C13H14N6O5S2.Na/c20-13-17-7-10(5-11(8-17)19(13)22-26-24-23-21)18-3-1-9(16-18)6-15-12-14-2-4-25-12;/h1-5,11,21H,6-8H2,(H,14,15);/q;+1/p+1. The SMILES string of the molecule is O=C1N2CC(n3ccc(C[NH2+]c4nccs4)n3)=CC(C2)N1OSOOO.[Na+]. The van der Waals surface area contributed by atoms with Crippen LogP contribution in [-0.4, -0.2) is 55.1 Å². The molecule has 2 aromatic rings. The molecule has 1 saturated heterocycles. The first-order chi connectivity index (χ1) is 12.7. The predicted molar refractivity (Wildman–Crippen MR) is 90.0 cm³/mol. The molecule has 1 fully saturated rings. The molecule has 4 rings (SSSR count). The molecule has 1 atom stereocenters. The molecule has 0 radical (unpaired) electrons. The van der Waals surface area contributed by atoms with E-state index in [4.69, 9.17) is 9.54 Å². The fourth-order valence-corrected chi connectivity index (χ4v) is 3.69. The van der Waals surface area contributed by atoms with Gasteiger partial charge in [-0.25, -0.2) is 14.7 Å². The number of hydrogen-bond donors (Lipinski definition) is 2. The van der Waals surface area contributed by atoms with Crippen LogP contribution in [0.15, 0.2) is 29.9 Å². The number of urea groups is 1. The summed E-state index contributed by atoms with van der Waals surface area (Å²) in [6.07, 6.45) is 5.56. The van der Waals surface area contributed by atoms with E-state index in [1.165, 1.54) is 0 Å². The number of nitrogens with zero attached hydrogens (tertiary/aromatic N) is 5. The van der Waals surface area contributed by atoms with Gasteiger partial charge in [-0.1, -0.05) is 16.4 Å². The third-order valence-corrected chi connectivity index (χ3v) is 5.06. The minimum atomic E-state index is -0.292. The van der Waals surface area contributed by atoms with E-state index in [9.17, 15) is 4.79 Å². The summed E-state index contributed by atoms with van der Waals surface area (Å²) in [6, 6.07) is 1.37. The molecular formula is C13H15N6NaO5S2+2. The molecule has 2 aliphatic heterocycles. The van der Waals surface area contributed by atoms with Crippen molar-refractivity contribution in [1.29, 1.82) is 0 Å². The summed E-state index contributed by atoms with van der Waals surface area (Å²) in [7, 11) is 0. The van der Waals surface area contributed by atoms with E-state index in [1.54, 1.807) is 27.1 Å². The molecule has 2 amide bonds. The van der Waals surface area contributed by atoms with Crippen molar-refractivity contribution >= 4 is 40.5 Å². The Morgan fingerprint density at radius 3 is 3.15 bits per heavy atom. The number of rotatable bonds is 8. The van der Waals surface area contributed by atoms with Crippen LogP contribution >= 0.6 is 23.7 Å². The Morgan fingerprint density at radius 2 is 2.37 bits per heavy atom. The first-order valence-corrected chi connectivity index (χ1v) is 9.17. The van der Waals surface area contributed by atoms with Gasteiger partial charge in [0.1, 0.15) is 18.3 Å². The Morgan fingerprint density at radius 1 is 1.48 bits per heavy atom. The quantitative estimate of drug-likeness (QED) is 0.159. The molecule has 0 aliphatic carbocycles. The van der Waals surface area contributed by atoms with Crippen molar-refractivity contribution in [3.05, 3.63) is 35.6 Å². The molecule has 2 bridgehead atoms. The van der Waals surface area contributed by atoms with Crippen LogP contribution in [0.3, 0.4) is 0 Å². The number of thiazole rings is 1. The van der Waals surface area contributed by atoms with E-state index in [0.717, 1.165) is 21.6 Å². The average molecular weight is 422 g/mol. The molecule has 4 heterocycles. The van der Waals surface area contributed by atoms with Crippen molar-refractivity contribution in [2.45, 2.75) is 12.6 Å². The molecule has 138 valence electrons. The number of nitrogens with two attached hydrogens (primary N) is 1. The molecule has 2 aliphatic rings. The van der Waals surface area contributed by atoms with Crippen LogP contribution in [0.5, 0.6) is 0 Å². The molecule has 1 unspecified atom stereocenters. The second kappa shape index (κ2) is 9.47. The van der Waals surface area contributed by atoms with Gasteiger partial charge in [-0.3, -0.25) is 5.32 Å². The predicted octanol–water partition coefficient (Wildman–Crippen LogP) is -2.38. The van der Waals surface area contributed by atoms with Crippen molar-refractivity contribution in [3.8, 4) is 0 Å². The number of quaternary nitrogens is 1. The van der Waals surface area contributed by atoms with Gasteiger partial charge in [-0.2, -0.15) is 19.4 Å². The molecule has 3 N–H and O–H groups in total. The third-order valence-electron chi connectivity index (χ3n) is 3.95. The number of hydrogen-bond acceptors (Lipinski definition) is 9. The van der Waals surface area contributed by atoms with Crippen LogP contribution in [0.2, 0.25) is 0 Å². The van der Waals surface area contributed by atoms with E-state index in [-0.39, 0.29) is 41.6 Å². The molecule has 0 saturated carbocycles. The minimum absolute atomic E-state index is 0. The fourth-order valence-electron chi connectivity index (χ4n) is 2.83. The van der Waals surface area contributed by atoms with E-state index >= 15 is 0 Å². The van der Waals surface area contributed by atoms with Crippen molar-refractivity contribution in [3.63, 3.8) is 0 Å². The van der Waals surface area contributed by atoms with Crippen LogP contribution in [-0.2, 0) is 20.2 Å². The summed E-state index contributed by atoms with van der Waals surface area (Å²) in [6.45, 7) is 1.62. The topological polar surface area (TPSA) is 119 Å². The molecular weight excluding hydrogens is 407 g/mol. The van der Waals surface area contributed by atoms with Gasteiger partial charge in [0, 0.05) is 24.3 Å². The van der Waals surface area contributed by atoms with E-state index in [2.05, 4.69) is 19.5 Å². The van der Waals surface area contributed by atoms with E-state index in [0.29, 0.717) is 32.0 Å². The van der Waals surface area contributed by atoms with E-state index in [1.807, 2.05) is 29.0 Å².